The van der Waals surface area contributed by atoms with Crippen molar-refractivity contribution >= 4 is 33.4 Å². The first kappa shape index (κ1) is 24.9. The summed E-state index contributed by atoms with van der Waals surface area (Å²) in [5, 5.41) is 7.78. The molecule has 1 atom stereocenters. The largest absolute Gasteiger partial charge is 0.418 e. The number of morpholine rings is 1. The van der Waals surface area contributed by atoms with E-state index in [9.17, 15) is 18.0 Å². The van der Waals surface area contributed by atoms with Crippen LogP contribution >= 0.6 is 0 Å². The van der Waals surface area contributed by atoms with Crippen molar-refractivity contribution in [2.75, 3.05) is 36.5 Å². The van der Waals surface area contributed by atoms with E-state index in [1.54, 1.807) is 41.3 Å². The first-order chi connectivity index (χ1) is 18.7. The highest BCUT2D eigenvalue weighted by Crippen LogP contribution is 2.40. The number of rotatable bonds is 5. The molecule has 1 fully saturated rings. The molecule has 0 aliphatic carbocycles. The predicted octanol–water partition coefficient (Wildman–Crippen LogP) is 3.62. The number of alkyl halides is 3. The predicted molar refractivity (Wildman–Crippen MR) is 139 cm³/mol. The van der Waals surface area contributed by atoms with Gasteiger partial charge in [-0.3, -0.25) is 9.48 Å². The molecule has 0 spiro atoms. The van der Waals surface area contributed by atoms with Crippen molar-refractivity contribution in [2.45, 2.75) is 19.1 Å². The van der Waals surface area contributed by atoms with Gasteiger partial charge in [-0.1, -0.05) is 0 Å². The molecular weight excluding hydrogens is 515 g/mol. The van der Waals surface area contributed by atoms with E-state index in [0.29, 0.717) is 54.4 Å². The number of hydrogen-bond acceptors (Lipinski definition) is 8. The van der Waals surface area contributed by atoms with Crippen LogP contribution in [0.4, 0.5) is 24.5 Å². The van der Waals surface area contributed by atoms with Crippen molar-refractivity contribution in [3.63, 3.8) is 0 Å². The van der Waals surface area contributed by atoms with Crippen LogP contribution in [-0.2, 0) is 18.0 Å². The van der Waals surface area contributed by atoms with E-state index < -0.39 is 23.3 Å². The van der Waals surface area contributed by atoms with Crippen molar-refractivity contribution < 1.29 is 17.9 Å². The number of halogens is 3. The number of aromatic amines is 2. The Bertz CT molecular complexity index is 1720. The highest BCUT2D eigenvalue weighted by molar-refractivity contribution is 5.97. The van der Waals surface area contributed by atoms with Gasteiger partial charge in [-0.05, 0) is 25.1 Å². The molecule has 39 heavy (non-hydrogen) atoms. The second-order valence-corrected chi connectivity index (χ2v) is 9.31. The molecule has 0 saturated carbocycles. The fourth-order valence-corrected chi connectivity index (χ4v) is 4.82. The Labute approximate surface area is 219 Å². The van der Waals surface area contributed by atoms with Gasteiger partial charge in [0, 0.05) is 38.7 Å². The topological polar surface area (TPSA) is 130 Å². The van der Waals surface area contributed by atoms with Gasteiger partial charge < -0.3 is 24.9 Å². The summed E-state index contributed by atoms with van der Waals surface area (Å²) in [6, 6.07) is 3.72. The molecule has 4 aromatic heterocycles. The number of aromatic nitrogens is 7. The van der Waals surface area contributed by atoms with E-state index in [1.807, 2.05) is 6.92 Å². The molecule has 1 aliphatic heterocycles. The minimum absolute atomic E-state index is 0.0265. The van der Waals surface area contributed by atoms with E-state index in [1.165, 1.54) is 6.07 Å². The van der Waals surface area contributed by atoms with Crippen molar-refractivity contribution in [1.82, 2.24) is 34.7 Å². The molecule has 1 aromatic carbocycles. The maximum atomic E-state index is 14.1. The Morgan fingerprint density at radius 1 is 1.10 bits per heavy atom. The lowest BCUT2D eigenvalue weighted by Gasteiger charge is -2.31. The standard InChI is InChI=1S/C25H24F3N9O2/c1-13(22-29-4-3-5-30-22)31-21-19(24(38)34-17-12-36(2)35-20(17)21)23-32-15-10-14(25(26,27)28)18(11-16(15)33-23)37-6-8-39-9-7-37/h3-5,10-13,31H,6-9H2,1-2H3,(H,32,33)(H,34,38). The Balaban J connectivity index is 1.52. The Hall–Kier alpha value is -4.46. The lowest BCUT2D eigenvalue weighted by Crippen LogP contribution is -2.37. The Morgan fingerprint density at radius 3 is 2.56 bits per heavy atom. The second-order valence-electron chi connectivity index (χ2n) is 9.31. The van der Waals surface area contributed by atoms with Gasteiger partial charge in [0.1, 0.15) is 22.7 Å². The van der Waals surface area contributed by atoms with Gasteiger partial charge in [0.15, 0.2) is 0 Å². The molecule has 3 N–H and O–H groups in total. The highest BCUT2D eigenvalue weighted by atomic mass is 19.4. The maximum absolute atomic E-state index is 14.1. The van der Waals surface area contributed by atoms with E-state index in [2.05, 4.69) is 35.3 Å². The lowest BCUT2D eigenvalue weighted by molar-refractivity contribution is -0.137. The first-order valence-electron chi connectivity index (χ1n) is 12.3. The second kappa shape index (κ2) is 9.38. The number of H-pyrrole nitrogens is 2. The van der Waals surface area contributed by atoms with Crippen molar-refractivity contribution in [3.05, 3.63) is 58.5 Å². The van der Waals surface area contributed by atoms with Crippen LogP contribution in [-0.4, -0.2) is 61.0 Å². The summed E-state index contributed by atoms with van der Waals surface area (Å²) in [5.74, 6) is 0.595. The van der Waals surface area contributed by atoms with E-state index in [-0.39, 0.29) is 22.6 Å². The van der Waals surface area contributed by atoms with Crippen LogP contribution in [0.5, 0.6) is 0 Å². The summed E-state index contributed by atoms with van der Waals surface area (Å²) in [7, 11) is 1.72. The molecular formula is C25H24F3N9O2. The average molecular weight is 540 g/mol. The normalized spacial score (nSPS) is 15.3. The zero-order valence-corrected chi connectivity index (χ0v) is 21.0. The summed E-state index contributed by atoms with van der Waals surface area (Å²) in [5.41, 5.74) is 0.626. The lowest BCUT2D eigenvalue weighted by atomic mass is 10.1. The molecule has 5 aromatic rings. The average Bonchev–Trinajstić information content (AvgIpc) is 3.50. The van der Waals surface area contributed by atoms with Crippen LogP contribution in [0.3, 0.4) is 0 Å². The van der Waals surface area contributed by atoms with Crippen LogP contribution in [0.25, 0.3) is 33.5 Å². The minimum atomic E-state index is -4.59. The molecule has 1 saturated heterocycles. The fraction of sp³-hybridized carbons (Fsp3) is 0.320. The smallest absolute Gasteiger partial charge is 0.378 e. The highest BCUT2D eigenvalue weighted by Gasteiger charge is 2.36. The summed E-state index contributed by atoms with van der Waals surface area (Å²) in [6.45, 7) is 3.15. The number of pyridine rings is 1. The van der Waals surface area contributed by atoms with Gasteiger partial charge in [-0.25, -0.2) is 15.0 Å². The molecule has 11 nitrogen and oxygen atoms in total. The monoisotopic (exact) mass is 539 g/mol. The number of imidazole rings is 1. The molecule has 5 heterocycles. The zero-order valence-electron chi connectivity index (χ0n) is 21.0. The summed E-state index contributed by atoms with van der Waals surface area (Å²) >= 11 is 0. The minimum Gasteiger partial charge on any atom is -0.378 e. The summed E-state index contributed by atoms with van der Waals surface area (Å²) in [4.78, 5) is 33.9. The third-order valence-electron chi connectivity index (χ3n) is 6.62. The Kier molecular flexibility index (Phi) is 5.98. The first-order valence-corrected chi connectivity index (χ1v) is 12.3. The van der Waals surface area contributed by atoms with Crippen LogP contribution in [0.2, 0.25) is 0 Å². The maximum Gasteiger partial charge on any atom is 0.418 e. The molecule has 0 bridgehead atoms. The van der Waals surface area contributed by atoms with Crippen molar-refractivity contribution in [1.29, 1.82) is 0 Å². The molecule has 202 valence electrons. The molecule has 0 radical (unpaired) electrons. The van der Waals surface area contributed by atoms with Gasteiger partial charge >= 0.3 is 6.18 Å². The van der Waals surface area contributed by atoms with Crippen LogP contribution in [0.15, 0.2) is 41.6 Å². The number of nitrogens with zero attached hydrogens (tertiary/aromatic N) is 6. The third kappa shape index (κ3) is 4.56. The number of nitrogens with one attached hydrogen (secondary N) is 3. The number of fused-ring (bicyclic) bond motifs is 2. The van der Waals surface area contributed by atoms with Gasteiger partial charge in [0.25, 0.3) is 5.56 Å². The SMILES string of the molecule is CC(Nc1c(-c2nc3cc(N4CCOCC4)c(C(F)(F)F)cc3[nH]2)c(=O)[nH]c2cn(C)nc12)c1ncccn1. The van der Waals surface area contributed by atoms with E-state index in [4.69, 9.17) is 4.74 Å². The Morgan fingerprint density at radius 2 is 1.85 bits per heavy atom. The molecule has 1 unspecified atom stereocenters. The fourth-order valence-electron chi connectivity index (χ4n) is 4.82. The van der Waals surface area contributed by atoms with Crippen molar-refractivity contribution in [2.24, 2.45) is 7.05 Å². The van der Waals surface area contributed by atoms with Gasteiger partial charge in [-0.2, -0.15) is 18.3 Å². The molecule has 0 amide bonds. The molecule has 6 rings (SSSR count). The summed E-state index contributed by atoms with van der Waals surface area (Å²) < 4.78 is 49.1. The zero-order chi connectivity index (χ0) is 27.3. The number of ether oxygens (including phenoxy) is 1. The molecule has 14 heteroatoms. The van der Waals surface area contributed by atoms with Crippen LogP contribution in [0.1, 0.15) is 24.4 Å². The van der Waals surface area contributed by atoms with Crippen molar-refractivity contribution in [3.8, 4) is 11.4 Å². The quantitative estimate of drug-likeness (QED) is 0.309. The number of anilines is 2. The van der Waals surface area contributed by atoms with Crippen LogP contribution in [0, 0.1) is 0 Å². The number of benzene rings is 1. The van der Waals surface area contributed by atoms with E-state index >= 15 is 0 Å². The van der Waals surface area contributed by atoms with Gasteiger partial charge in [-0.15, -0.1) is 0 Å². The summed E-state index contributed by atoms with van der Waals surface area (Å²) in [6.07, 6.45) is 0.297. The van der Waals surface area contributed by atoms with Gasteiger partial charge in [0.2, 0.25) is 0 Å². The van der Waals surface area contributed by atoms with Gasteiger partial charge in [0.05, 0.1) is 52.7 Å². The number of aryl methyl sites for hydroxylation is 1. The third-order valence-corrected chi connectivity index (χ3v) is 6.62. The number of hydrogen-bond donors (Lipinski definition) is 3. The molecule has 1 aliphatic rings. The van der Waals surface area contributed by atoms with E-state index in [0.717, 1.165) is 6.07 Å². The van der Waals surface area contributed by atoms with Crippen LogP contribution < -0.4 is 15.8 Å².